The fourth-order valence-corrected chi connectivity index (χ4v) is 2.24. The van der Waals surface area contributed by atoms with Gasteiger partial charge in [0.25, 0.3) is 0 Å². The first-order valence-corrected chi connectivity index (χ1v) is 7.36. The van der Waals surface area contributed by atoms with Crippen molar-refractivity contribution < 1.29 is 9.13 Å². The topological polar surface area (TPSA) is 35.2 Å². The van der Waals surface area contributed by atoms with Crippen LogP contribution in [0.4, 0.5) is 4.39 Å². The van der Waals surface area contributed by atoms with Gasteiger partial charge in [-0.05, 0) is 43.0 Å². The third-order valence-electron chi connectivity index (χ3n) is 3.42. The number of halogens is 2. The Hall–Kier alpha value is -1.58. The zero-order valence-electron chi connectivity index (χ0n) is 12.2. The standard InChI is InChI=1S/C17H19ClFNO/c1-3-13(20)9-12-5-4-6-15(18)17(12)21-14-8-7-11(2)16(19)10-14/h4-8,10,13H,3,9,20H2,1-2H3. The maximum atomic E-state index is 13.6. The number of hydrogen-bond acceptors (Lipinski definition) is 2. The molecule has 112 valence electrons. The number of hydrogen-bond donors (Lipinski definition) is 1. The van der Waals surface area contributed by atoms with Crippen LogP contribution in [0.2, 0.25) is 5.02 Å². The largest absolute Gasteiger partial charge is 0.455 e. The molecule has 21 heavy (non-hydrogen) atoms. The van der Waals surface area contributed by atoms with Crippen molar-refractivity contribution in [3.8, 4) is 11.5 Å². The van der Waals surface area contributed by atoms with Gasteiger partial charge in [-0.3, -0.25) is 0 Å². The first-order valence-electron chi connectivity index (χ1n) is 6.98. The Morgan fingerprint density at radius 3 is 2.71 bits per heavy atom. The van der Waals surface area contributed by atoms with Crippen molar-refractivity contribution in [3.05, 3.63) is 58.4 Å². The molecule has 0 aliphatic heterocycles. The SMILES string of the molecule is CCC(N)Cc1cccc(Cl)c1Oc1ccc(C)c(F)c1. The number of aryl methyl sites for hydroxylation is 1. The maximum absolute atomic E-state index is 13.6. The minimum Gasteiger partial charge on any atom is -0.455 e. The molecule has 0 heterocycles. The smallest absolute Gasteiger partial charge is 0.149 e. The van der Waals surface area contributed by atoms with E-state index in [4.69, 9.17) is 22.1 Å². The monoisotopic (exact) mass is 307 g/mol. The quantitative estimate of drug-likeness (QED) is 0.856. The summed E-state index contributed by atoms with van der Waals surface area (Å²) in [6, 6.07) is 10.4. The molecule has 0 radical (unpaired) electrons. The van der Waals surface area contributed by atoms with Gasteiger partial charge in [0.05, 0.1) is 5.02 Å². The first-order chi connectivity index (χ1) is 10.0. The molecule has 2 N–H and O–H groups in total. The summed E-state index contributed by atoms with van der Waals surface area (Å²) in [4.78, 5) is 0. The van der Waals surface area contributed by atoms with E-state index in [-0.39, 0.29) is 11.9 Å². The van der Waals surface area contributed by atoms with E-state index in [2.05, 4.69) is 0 Å². The van der Waals surface area contributed by atoms with Crippen LogP contribution in [0.1, 0.15) is 24.5 Å². The van der Waals surface area contributed by atoms with E-state index in [9.17, 15) is 4.39 Å². The minimum atomic E-state index is -0.300. The molecule has 0 aliphatic carbocycles. The van der Waals surface area contributed by atoms with Crippen LogP contribution in [0.5, 0.6) is 11.5 Å². The Balaban J connectivity index is 2.31. The maximum Gasteiger partial charge on any atom is 0.149 e. The molecule has 4 heteroatoms. The second kappa shape index (κ2) is 6.92. The Morgan fingerprint density at radius 2 is 2.05 bits per heavy atom. The number of ether oxygens (including phenoxy) is 1. The highest BCUT2D eigenvalue weighted by Gasteiger charge is 2.13. The lowest BCUT2D eigenvalue weighted by Crippen LogP contribution is -2.21. The van der Waals surface area contributed by atoms with Crippen LogP contribution in [-0.4, -0.2) is 6.04 Å². The molecular formula is C17H19ClFNO. The molecule has 0 spiro atoms. The zero-order valence-corrected chi connectivity index (χ0v) is 13.0. The molecular weight excluding hydrogens is 289 g/mol. The molecule has 0 saturated heterocycles. The predicted octanol–water partition coefficient (Wildman–Crippen LogP) is 4.86. The summed E-state index contributed by atoms with van der Waals surface area (Å²) < 4.78 is 19.4. The van der Waals surface area contributed by atoms with Crippen LogP contribution in [0, 0.1) is 12.7 Å². The van der Waals surface area contributed by atoms with E-state index >= 15 is 0 Å². The van der Waals surface area contributed by atoms with Crippen molar-refractivity contribution in [3.63, 3.8) is 0 Å². The molecule has 1 atom stereocenters. The predicted molar refractivity (Wildman–Crippen MR) is 84.6 cm³/mol. The molecule has 2 nitrogen and oxygen atoms in total. The van der Waals surface area contributed by atoms with Crippen LogP contribution >= 0.6 is 11.6 Å². The summed E-state index contributed by atoms with van der Waals surface area (Å²) in [6.45, 7) is 3.74. The second-order valence-electron chi connectivity index (χ2n) is 5.11. The highest BCUT2D eigenvalue weighted by Crippen LogP contribution is 2.34. The first kappa shape index (κ1) is 15.8. The van der Waals surface area contributed by atoms with Gasteiger partial charge in [0.1, 0.15) is 17.3 Å². The fraction of sp³-hybridized carbons (Fsp3) is 0.294. The van der Waals surface area contributed by atoms with Crippen molar-refractivity contribution >= 4 is 11.6 Å². The van der Waals surface area contributed by atoms with Crippen LogP contribution in [-0.2, 0) is 6.42 Å². The molecule has 0 aromatic heterocycles. The average Bonchev–Trinajstić information content (AvgIpc) is 2.46. The Morgan fingerprint density at radius 1 is 1.29 bits per heavy atom. The van der Waals surface area contributed by atoms with Crippen molar-refractivity contribution in [2.45, 2.75) is 32.7 Å². The van der Waals surface area contributed by atoms with Gasteiger partial charge in [-0.25, -0.2) is 4.39 Å². The van der Waals surface area contributed by atoms with Crippen molar-refractivity contribution in [1.82, 2.24) is 0 Å². The molecule has 2 aromatic carbocycles. The van der Waals surface area contributed by atoms with E-state index < -0.39 is 0 Å². The lowest BCUT2D eigenvalue weighted by molar-refractivity contribution is 0.466. The van der Waals surface area contributed by atoms with Gasteiger partial charge in [-0.1, -0.05) is 36.7 Å². The van der Waals surface area contributed by atoms with Crippen LogP contribution in [0.3, 0.4) is 0 Å². The van der Waals surface area contributed by atoms with E-state index in [1.165, 1.54) is 6.07 Å². The van der Waals surface area contributed by atoms with Crippen LogP contribution in [0.25, 0.3) is 0 Å². The van der Waals surface area contributed by atoms with Gasteiger partial charge in [-0.15, -0.1) is 0 Å². The third-order valence-corrected chi connectivity index (χ3v) is 3.72. The summed E-state index contributed by atoms with van der Waals surface area (Å²) in [6.07, 6.45) is 1.53. The fourth-order valence-electron chi connectivity index (χ4n) is 2.01. The van der Waals surface area contributed by atoms with Gasteiger partial charge >= 0.3 is 0 Å². The lowest BCUT2D eigenvalue weighted by Gasteiger charge is -2.15. The number of rotatable bonds is 5. The van der Waals surface area contributed by atoms with Gasteiger partial charge in [0.2, 0.25) is 0 Å². The average molecular weight is 308 g/mol. The highest BCUT2D eigenvalue weighted by molar-refractivity contribution is 6.32. The molecule has 2 rings (SSSR count). The van der Waals surface area contributed by atoms with Crippen LogP contribution in [0.15, 0.2) is 36.4 Å². The molecule has 2 aromatic rings. The van der Waals surface area contributed by atoms with E-state index in [1.807, 2.05) is 19.1 Å². The van der Waals surface area contributed by atoms with E-state index in [0.717, 1.165) is 12.0 Å². The van der Waals surface area contributed by atoms with E-state index in [0.29, 0.717) is 28.5 Å². The van der Waals surface area contributed by atoms with Gasteiger partial charge in [0, 0.05) is 12.1 Å². The van der Waals surface area contributed by atoms with Gasteiger partial charge in [0.15, 0.2) is 0 Å². The Kier molecular flexibility index (Phi) is 5.21. The molecule has 0 aliphatic rings. The van der Waals surface area contributed by atoms with E-state index in [1.54, 1.807) is 25.1 Å². The zero-order chi connectivity index (χ0) is 15.4. The molecule has 0 bridgehead atoms. The van der Waals surface area contributed by atoms with Crippen molar-refractivity contribution in [1.29, 1.82) is 0 Å². The highest BCUT2D eigenvalue weighted by atomic mass is 35.5. The molecule has 0 fully saturated rings. The lowest BCUT2D eigenvalue weighted by atomic mass is 10.0. The van der Waals surface area contributed by atoms with Gasteiger partial charge < -0.3 is 10.5 Å². The summed E-state index contributed by atoms with van der Waals surface area (Å²) in [5, 5.41) is 0.497. The Labute approximate surface area is 129 Å². The summed E-state index contributed by atoms with van der Waals surface area (Å²) in [5.41, 5.74) is 7.51. The summed E-state index contributed by atoms with van der Waals surface area (Å²) in [7, 11) is 0. The number of nitrogens with two attached hydrogens (primary N) is 1. The summed E-state index contributed by atoms with van der Waals surface area (Å²) in [5.74, 6) is 0.676. The second-order valence-corrected chi connectivity index (χ2v) is 5.52. The summed E-state index contributed by atoms with van der Waals surface area (Å²) >= 11 is 6.22. The van der Waals surface area contributed by atoms with Crippen molar-refractivity contribution in [2.24, 2.45) is 5.73 Å². The normalized spacial score (nSPS) is 12.2. The third kappa shape index (κ3) is 3.96. The van der Waals surface area contributed by atoms with Crippen molar-refractivity contribution in [2.75, 3.05) is 0 Å². The Bertz CT molecular complexity index is 630. The molecule has 0 saturated carbocycles. The molecule has 0 amide bonds. The van der Waals surface area contributed by atoms with Crippen LogP contribution < -0.4 is 10.5 Å². The molecule has 1 unspecified atom stereocenters. The van der Waals surface area contributed by atoms with Gasteiger partial charge in [-0.2, -0.15) is 0 Å². The number of benzene rings is 2. The number of para-hydroxylation sites is 1. The minimum absolute atomic E-state index is 0.0422.